The molecule has 3 aliphatic rings. The van der Waals surface area contributed by atoms with Crippen LogP contribution in [0.1, 0.15) is 91.0 Å². The molecule has 41 heavy (non-hydrogen) atoms. The van der Waals surface area contributed by atoms with E-state index in [4.69, 9.17) is 9.47 Å². The number of amides is 1. The molecule has 2 saturated heterocycles. The Morgan fingerprint density at radius 1 is 1.10 bits per heavy atom. The van der Waals surface area contributed by atoms with Crippen molar-refractivity contribution in [3.05, 3.63) is 56.5 Å². The van der Waals surface area contributed by atoms with E-state index in [2.05, 4.69) is 33.1 Å². The van der Waals surface area contributed by atoms with Gasteiger partial charge in [-0.2, -0.15) is 0 Å². The third-order valence-electron chi connectivity index (χ3n) is 9.36. The number of aromatic nitrogens is 1. The van der Waals surface area contributed by atoms with Crippen LogP contribution in [0.2, 0.25) is 0 Å². The maximum absolute atomic E-state index is 13.8. The second-order valence-corrected chi connectivity index (χ2v) is 12.3. The van der Waals surface area contributed by atoms with Gasteiger partial charge in [0.1, 0.15) is 11.4 Å². The highest BCUT2D eigenvalue weighted by atomic mass is 16.5. The number of carbonyl (C=O) groups excluding carboxylic acids is 1. The normalized spacial score (nSPS) is 19.4. The highest BCUT2D eigenvalue weighted by Crippen LogP contribution is 2.40. The Bertz CT molecular complexity index is 1270. The molecule has 0 unspecified atom stereocenters. The summed E-state index contributed by atoms with van der Waals surface area (Å²) in [5.41, 5.74) is 4.53. The molecule has 224 valence electrons. The van der Waals surface area contributed by atoms with Crippen LogP contribution in [0.5, 0.6) is 5.75 Å². The summed E-state index contributed by atoms with van der Waals surface area (Å²) >= 11 is 0. The van der Waals surface area contributed by atoms with Crippen molar-refractivity contribution in [2.45, 2.75) is 97.2 Å². The largest absolute Gasteiger partial charge is 0.486 e. The van der Waals surface area contributed by atoms with Gasteiger partial charge >= 0.3 is 0 Å². The van der Waals surface area contributed by atoms with Crippen LogP contribution in [-0.2, 0) is 11.3 Å². The van der Waals surface area contributed by atoms with Crippen LogP contribution in [0.15, 0.2) is 23.0 Å². The summed E-state index contributed by atoms with van der Waals surface area (Å²) in [6, 6.07) is 6.39. The molecule has 1 aliphatic carbocycles. The van der Waals surface area contributed by atoms with Gasteiger partial charge in [-0.25, -0.2) is 0 Å². The van der Waals surface area contributed by atoms with Gasteiger partial charge in [0, 0.05) is 67.5 Å². The minimum absolute atomic E-state index is 0.154. The van der Waals surface area contributed by atoms with E-state index < -0.39 is 0 Å². The molecule has 8 heteroatoms. The van der Waals surface area contributed by atoms with Crippen molar-refractivity contribution in [1.82, 2.24) is 15.2 Å². The van der Waals surface area contributed by atoms with Crippen molar-refractivity contribution in [2.24, 2.45) is 0 Å². The van der Waals surface area contributed by atoms with Gasteiger partial charge in [0.2, 0.25) is 0 Å². The van der Waals surface area contributed by atoms with Crippen molar-refractivity contribution in [3.8, 4) is 5.75 Å². The molecule has 0 spiro atoms. The quantitative estimate of drug-likeness (QED) is 0.421. The number of likely N-dealkylation sites (tertiary alicyclic amines) is 1. The highest BCUT2D eigenvalue weighted by Gasteiger charge is 2.41. The number of piperidine rings is 1. The molecule has 8 nitrogen and oxygen atoms in total. The minimum atomic E-state index is -0.195. The van der Waals surface area contributed by atoms with Crippen LogP contribution in [0.25, 0.3) is 0 Å². The number of ether oxygens (including phenoxy) is 2. The molecule has 2 aliphatic heterocycles. The second kappa shape index (κ2) is 13.0. The number of nitrogens with zero attached hydrogens (tertiary/aromatic N) is 2. The lowest BCUT2D eigenvalue weighted by Gasteiger charge is -2.46. The fourth-order valence-electron chi connectivity index (χ4n) is 6.89. The average molecular weight is 565 g/mol. The Morgan fingerprint density at radius 2 is 1.83 bits per heavy atom. The SMILES string of the molecule is CCN(c1cc(OC2(CN3CCCCC3)CCC2)cc(C(=O)NCc2c(C)cc(C)[nH]c2=O)c1C)C1CCOCC1. The number of benzene rings is 1. The maximum Gasteiger partial charge on any atom is 0.253 e. The molecule has 1 saturated carbocycles. The summed E-state index contributed by atoms with van der Waals surface area (Å²) in [7, 11) is 0. The summed E-state index contributed by atoms with van der Waals surface area (Å²) in [5.74, 6) is 0.581. The van der Waals surface area contributed by atoms with Gasteiger partial charge in [0.25, 0.3) is 11.5 Å². The zero-order chi connectivity index (χ0) is 29.0. The summed E-state index contributed by atoms with van der Waals surface area (Å²) in [4.78, 5) is 34.2. The predicted octanol–water partition coefficient (Wildman–Crippen LogP) is 5.02. The standard InChI is InChI=1S/C33H48N4O4/c1-5-37(26-10-16-40-17-11-26)30-20-27(41-33(12-9-13-33)22-36-14-7-6-8-15-36)19-28(25(30)4)31(38)34-21-29-23(2)18-24(3)35-32(29)39/h18-20,26H,5-17,21-22H2,1-4H3,(H,34,38)(H,35,39). The van der Waals surface area contributed by atoms with Gasteiger partial charge in [0.05, 0.1) is 0 Å². The Morgan fingerprint density at radius 3 is 2.46 bits per heavy atom. The fourth-order valence-corrected chi connectivity index (χ4v) is 6.89. The van der Waals surface area contributed by atoms with Crippen LogP contribution in [0.4, 0.5) is 5.69 Å². The smallest absolute Gasteiger partial charge is 0.253 e. The molecule has 0 bridgehead atoms. The van der Waals surface area contributed by atoms with Gasteiger partial charge in [-0.1, -0.05) is 6.42 Å². The number of pyridine rings is 1. The number of hydrogen-bond donors (Lipinski definition) is 2. The number of carbonyl (C=O) groups is 1. The summed E-state index contributed by atoms with van der Waals surface area (Å²) in [5, 5.41) is 3.04. The Kier molecular flexibility index (Phi) is 9.39. The van der Waals surface area contributed by atoms with Crippen LogP contribution >= 0.6 is 0 Å². The van der Waals surface area contributed by atoms with Gasteiger partial charge in [-0.3, -0.25) is 14.5 Å². The summed E-state index contributed by atoms with van der Waals surface area (Å²) in [6.45, 7) is 13.8. The van der Waals surface area contributed by atoms with Gasteiger partial charge in [0.15, 0.2) is 0 Å². The molecule has 3 fully saturated rings. The third kappa shape index (κ3) is 6.81. The first-order valence-corrected chi connectivity index (χ1v) is 15.7. The number of hydrogen-bond acceptors (Lipinski definition) is 6. The summed E-state index contributed by atoms with van der Waals surface area (Å²) < 4.78 is 12.6. The molecular formula is C33H48N4O4. The van der Waals surface area contributed by atoms with E-state index in [9.17, 15) is 9.59 Å². The predicted molar refractivity (Wildman–Crippen MR) is 163 cm³/mol. The van der Waals surface area contributed by atoms with Crippen molar-refractivity contribution in [3.63, 3.8) is 0 Å². The fraction of sp³-hybridized carbons (Fsp3) is 0.636. The lowest BCUT2D eigenvalue weighted by atomic mass is 9.79. The molecule has 1 aromatic carbocycles. The zero-order valence-corrected chi connectivity index (χ0v) is 25.4. The molecule has 2 N–H and O–H groups in total. The molecule has 0 atom stereocenters. The van der Waals surface area contributed by atoms with E-state index in [1.54, 1.807) is 0 Å². The number of aromatic amines is 1. The van der Waals surface area contributed by atoms with Crippen molar-refractivity contribution < 1.29 is 14.3 Å². The maximum atomic E-state index is 13.8. The molecule has 1 amide bonds. The number of anilines is 1. The van der Waals surface area contributed by atoms with Crippen molar-refractivity contribution in [2.75, 3.05) is 44.3 Å². The zero-order valence-electron chi connectivity index (χ0n) is 25.4. The van der Waals surface area contributed by atoms with Gasteiger partial charge < -0.3 is 24.7 Å². The first-order chi connectivity index (χ1) is 19.8. The van der Waals surface area contributed by atoms with E-state index in [-0.39, 0.29) is 23.6 Å². The molecule has 2 aromatic rings. The van der Waals surface area contributed by atoms with Crippen molar-refractivity contribution in [1.29, 1.82) is 0 Å². The molecule has 0 radical (unpaired) electrons. The first kappa shape index (κ1) is 29.6. The first-order valence-electron chi connectivity index (χ1n) is 15.7. The third-order valence-corrected chi connectivity index (χ3v) is 9.36. The number of H-pyrrole nitrogens is 1. The topological polar surface area (TPSA) is 86.9 Å². The van der Waals surface area contributed by atoms with Crippen molar-refractivity contribution >= 4 is 11.6 Å². The molecule has 3 heterocycles. The van der Waals surface area contributed by atoms with Crippen LogP contribution < -0.4 is 20.5 Å². The second-order valence-electron chi connectivity index (χ2n) is 12.3. The van der Waals surface area contributed by atoms with Gasteiger partial charge in [-0.15, -0.1) is 0 Å². The van der Waals surface area contributed by atoms with E-state index in [1.165, 1.54) is 25.7 Å². The monoisotopic (exact) mass is 564 g/mol. The Labute approximate surface area is 244 Å². The minimum Gasteiger partial charge on any atom is -0.486 e. The lowest BCUT2D eigenvalue weighted by molar-refractivity contribution is -0.0392. The van der Waals surface area contributed by atoms with E-state index >= 15 is 0 Å². The average Bonchev–Trinajstić information content (AvgIpc) is 2.94. The summed E-state index contributed by atoms with van der Waals surface area (Å²) in [6.07, 6.45) is 9.03. The number of aryl methyl sites for hydroxylation is 2. The molecule has 5 rings (SSSR count). The van der Waals surface area contributed by atoms with E-state index in [0.717, 1.165) is 93.3 Å². The lowest BCUT2D eigenvalue weighted by Crippen LogP contribution is -2.53. The number of nitrogens with one attached hydrogen (secondary N) is 2. The Hall–Kier alpha value is -2.84. The van der Waals surface area contributed by atoms with Crippen LogP contribution in [0, 0.1) is 20.8 Å². The van der Waals surface area contributed by atoms with E-state index in [0.29, 0.717) is 17.2 Å². The molecular weight excluding hydrogens is 516 g/mol. The van der Waals surface area contributed by atoms with Crippen LogP contribution in [-0.4, -0.2) is 66.8 Å². The van der Waals surface area contributed by atoms with Crippen LogP contribution in [0.3, 0.4) is 0 Å². The van der Waals surface area contributed by atoms with E-state index in [1.807, 2.05) is 32.9 Å². The highest BCUT2D eigenvalue weighted by molar-refractivity contribution is 5.97. The van der Waals surface area contributed by atoms with Gasteiger partial charge in [-0.05, 0) is 109 Å². The Balaban J connectivity index is 1.45. The number of rotatable bonds is 10. The molecule has 1 aromatic heterocycles.